The van der Waals surface area contributed by atoms with Gasteiger partial charge in [-0.05, 0) is 39.0 Å². The summed E-state index contributed by atoms with van der Waals surface area (Å²) in [6.45, 7) is 10.4. The third kappa shape index (κ3) is 6.40. The number of ether oxygens (including phenoxy) is 5. The average molecular weight is 475 g/mol. The van der Waals surface area contributed by atoms with E-state index in [0.717, 1.165) is 5.82 Å². The molecular formula is C24H34N4O6. The zero-order valence-corrected chi connectivity index (χ0v) is 20.4. The standard InChI is InChI=1S/C24H34N4O6/c1-5-31-19-16-18(17-20(32-6-2)23(19)33-7-3)24(29)28-12-10-27(11-13-28)21-8-9-22(26-25-21)34-15-14-30-4/h8-9,16-17H,5-7,10-15H2,1-4H3. The Kier molecular flexibility index (Phi) is 9.57. The number of piperazine rings is 1. The predicted molar refractivity (Wildman–Crippen MR) is 127 cm³/mol. The number of rotatable bonds is 12. The van der Waals surface area contributed by atoms with Gasteiger partial charge in [-0.2, -0.15) is 0 Å². The Balaban J connectivity index is 1.66. The van der Waals surface area contributed by atoms with Gasteiger partial charge in [0, 0.05) is 44.9 Å². The summed E-state index contributed by atoms with van der Waals surface area (Å²) in [6.07, 6.45) is 0. The predicted octanol–water partition coefficient (Wildman–Crippen LogP) is 2.66. The number of hydrogen-bond acceptors (Lipinski definition) is 9. The number of hydrogen-bond donors (Lipinski definition) is 0. The zero-order chi connectivity index (χ0) is 24.3. The number of aromatic nitrogens is 2. The first-order valence-corrected chi connectivity index (χ1v) is 11.7. The minimum atomic E-state index is -0.0717. The first-order valence-electron chi connectivity index (χ1n) is 11.7. The van der Waals surface area contributed by atoms with E-state index in [4.69, 9.17) is 23.7 Å². The minimum absolute atomic E-state index is 0.0717. The summed E-state index contributed by atoms with van der Waals surface area (Å²) in [6, 6.07) is 7.14. The summed E-state index contributed by atoms with van der Waals surface area (Å²) in [5.41, 5.74) is 0.515. The van der Waals surface area contributed by atoms with E-state index in [1.165, 1.54) is 0 Å². The first-order chi connectivity index (χ1) is 16.6. The summed E-state index contributed by atoms with van der Waals surface area (Å²) in [5, 5.41) is 8.38. The topological polar surface area (TPSA) is 95.5 Å². The van der Waals surface area contributed by atoms with E-state index in [0.29, 0.717) is 87.9 Å². The molecule has 10 nitrogen and oxygen atoms in total. The molecule has 0 N–H and O–H groups in total. The third-order valence-corrected chi connectivity index (χ3v) is 5.21. The summed E-state index contributed by atoms with van der Waals surface area (Å²) >= 11 is 0. The fourth-order valence-electron chi connectivity index (χ4n) is 3.62. The van der Waals surface area contributed by atoms with Crippen molar-refractivity contribution >= 4 is 11.7 Å². The molecule has 0 aliphatic carbocycles. The molecule has 1 saturated heterocycles. The lowest BCUT2D eigenvalue weighted by atomic mass is 10.1. The molecule has 10 heteroatoms. The van der Waals surface area contributed by atoms with Gasteiger partial charge in [0.25, 0.3) is 5.91 Å². The van der Waals surface area contributed by atoms with Gasteiger partial charge in [0.2, 0.25) is 11.6 Å². The highest BCUT2D eigenvalue weighted by molar-refractivity contribution is 5.95. The Hall–Kier alpha value is -3.27. The maximum atomic E-state index is 13.3. The number of amides is 1. The monoisotopic (exact) mass is 474 g/mol. The molecule has 0 radical (unpaired) electrons. The van der Waals surface area contributed by atoms with Crippen LogP contribution in [0.4, 0.5) is 5.82 Å². The van der Waals surface area contributed by atoms with Crippen molar-refractivity contribution < 1.29 is 28.5 Å². The molecule has 1 fully saturated rings. The number of methoxy groups -OCH3 is 1. The van der Waals surface area contributed by atoms with Crippen LogP contribution >= 0.6 is 0 Å². The summed E-state index contributed by atoms with van der Waals surface area (Å²) in [7, 11) is 1.62. The Morgan fingerprint density at radius 1 is 0.853 bits per heavy atom. The second kappa shape index (κ2) is 12.8. The SMILES string of the molecule is CCOc1cc(C(=O)N2CCN(c3ccc(OCCOC)nn3)CC2)cc(OCC)c1OCC. The molecule has 1 aromatic carbocycles. The van der Waals surface area contributed by atoms with E-state index >= 15 is 0 Å². The normalized spacial score (nSPS) is 13.5. The van der Waals surface area contributed by atoms with Crippen LogP contribution in [0.2, 0.25) is 0 Å². The fourth-order valence-corrected chi connectivity index (χ4v) is 3.62. The maximum absolute atomic E-state index is 13.3. The molecule has 0 spiro atoms. The quantitative estimate of drug-likeness (QED) is 0.430. The van der Waals surface area contributed by atoms with Crippen LogP contribution in [0.5, 0.6) is 23.1 Å². The van der Waals surface area contributed by atoms with E-state index < -0.39 is 0 Å². The van der Waals surface area contributed by atoms with Gasteiger partial charge in [-0.25, -0.2) is 0 Å². The van der Waals surface area contributed by atoms with Crippen LogP contribution in [0, 0.1) is 0 Å². The molecule has 0 atom stereocenters. The van der Waals surface area contributed by atoms with Crippen molar-refractivity contribution in [1.82, 2.24) is 15.1 Å². The van der Waals surface area contributed by atoms with Gasteiger partial charge in [0.1, 0.15) is 6.61 Å². The second-order valence-corrected chi connectivity index (χ2v) is 7.45. The van der Waals surface area contributed by atoms with E-state index in [-0.39, 0.29) is 5.91 Å². The second-order valence-electron chi connectivity index (χ2n) is 7.45. The lowest BCUT2D eigenvalue weighted by molar-refractivity contribution is 0.0745. The molecule has 0 saturated carbocycles. The smallest absolute Gasteiger partial charge is 0.254 e. The zero-order valence-electron chi connectivity index (χ0n) is 20.4. The van der Waals surface area contributed by atoms with Crippen molar-refractivity contribution in [2.45, 2.75) is 20.8 Å². The molecule has 3 rings (SSSR count). The molecule has 0 bridgehead atoms. The highest BCUT2D eigenvalue weighted by atomic mass is 16.5. The lowest BCUT2D eigenvalue weighted by Crippen LogP contribution is -2.49. The number of carbonyl (C=O) groups is 1. The number of nitrogens with zero attached hydrogens (tertiary/aromatic N) is 4. The molecule has 0 unspecified atom stereocenters. The van der Waals surface area contributed by atoms with Crippen molar-refractivity contribution in [1.29, 1.82) is 0 Å². The van der Waals surface area contributed by atoms with Gasteiger partial charge in [0.15, 0.2) is 17.3 Å². The third-order valence-electron chi connectivity index (χ3n) is 5.21. The van der Waals surface area contributed by atoms with Gasteiger partial charge < -0.3 is 33.5 Å². The van der Waals surface area contributed by atoms with Crippen LogP contribution in [-0.2, 0) is 4.74 Å². The molecular weight excluding hydrogens is 440 g/mol. The molecule has 1 aliphatic rings. The molecule has 34 heavy (non-hydrogen) atoms. The van der Waals surface area contributed by atoms with Gasteiger partial charge >= 0.3 is 0 Å². The van der Waals surface area contributed by atoms with Crippen LogP contribution in [-0.4, -0.2) is 87.3 Å². The van der Waals surface area contributed by atoms with Crippen molar-refractivity contribution in [2.24, 2.45) is 0 Å². The van der Waals surface area contributed by atoms with Crippen molar-refractivity contribution in [3.05, 3.63) is 29.8 Å². The van der Waals surface area contributed by atoms with Gasteiger partial charge in [-0.1, -0.05) is 0 Å². The number of carbonyl (C=O) groups excluding carboxylic acids is 1. The van der Waals surface area contributed by atoms with E-state index in [9.17, 15) is 4.79 Å². The summed E-state index contributed by atoms with van der Waals surface area (Å²) in [4.78, 5) is 17.2. The van der Waals surface area contributed by atoms with Crippen molar-refractivity contribution in [3.8, 4) is 23.1 Å². The maximum Gasteiger partial charge on any atom is 0.254 e. The number of anilines is 1. The Bertz CT molecular complexity index is 889. The Morgan fingerprint density at radius 2 is 1.50 bits per heavy atom. The Labute approximate surface area is 200 Å². The van der Waals surface area contributed by atoms with Crippen LogP contribution < -0.4 is 23.8 Å². The average Bonchev–Trinajstić information content (AvgIpc) is 2.86. The number of benzene rings is 1. The van der Waals surface area contributed by atoms with Crippen LogP contribution in [0.1, 0.15) is 31.1 Å². The summed E-state index contributed by atoms with van der Waals surface area (Å²) < 4.78 is 27.7. The Morgan fingerprint density at radius 3 is 2.03 bits per heavy atom. The van der Waals surface area contributed by atoms with E-state index in [1.54, 1.807) is 25.3 Å². The molecule has 1 aliphatic heterocycles. The minimum Gasteiger partial charge on any atom is -0.490 e. The molecule has 1 aromatic heterocycles. The van der Waals surface area contributed by atoms with Gasteiger partial charge in [-0.3, -0.25) is 4.79 Å². The van der Waals surface area contributed by atoms with E-state index in [2.05, 4.69) is 15.1 Å². The molecule has 2 aromatic rings. The molecule has 2 heterocycles. The largest absolute Gasteiger partial charge is 0.490 e. The first kappa shape index (κ1) is 25.4. The fraction of sp³-hybridized carbons (Fsp3) is 0.542. The van der Waals surface area contributed by atoms with Crippen LogP contribution in [0.3, 0.4) is 0 Å². The lowest BCUT2D eigenvalue weighted by Gasteiger charge is -2.35. The van der Waals surface area contributed by atoms with Crippen LogP contribution in [0.15, 0.2) is 24.3 Å². The van der Waals surface area contributed by atoms with Crippen molar-refractivity contribution in [2.75, 3.05) is 71.2 Å². The van der Waals surface area contributed by atoms with Gasteiger partial charge in [0.05, 0.1) is 26.4 Å². The van der Waals surface area contributed by atoms with Crippen LogP contribution in [0.25, 0.3) is 0 Å². The molecule has 186 valence electrons. The highest BCUT2D eigenvalue weighted by Crippen LogP contribution is 2.39. The summed E-state index contributed by atoms with van der Waals surface area (Å²) in [5.74, 6) is 2.70. The van der Waals surface area contributed by atoms with Crippen molar-refractivity contribution in [3.63, 3.8) is 0 Å². The highest BCUT2D eigenvalue weighted by Gasteiger charge is 2.26. The van der Waals surface area contributed by atoms with E-state index in [1.807, 2.05) is 31.7 Å². The van der Waals surface area contributed by atoms with Gasteiger partial charge in [-0.15, -0.1) is 10.2 Å². The molecule has 1 amide bonds.